The van der Waals surface area contributed by atoms with Crippen LogP contribution in [0.5, 0.6) is 0 Å². The molecule has 0 aromatic rings. The van der Waals surface area contributed by atoms with E-state index in [-0.39, 0.29) is 5.75 Å². The molecule has 0 spiro atoms. The third-order valence-corrected chi connectivity index (χ3v) is 3.63. The average molecular weight is 208 g/mol. The number of halogens is 1. The van der Waals surface area contributed by atoms with Crippen LogP contribution in [0.15, 0.2) is 0 Å². The Bertz CT molecular complexity index is 240. The van der Waals surface area contributed by atoms with Crippen LogP contribution in [0.2, 0.25) is 0 Å². The van der Waals surface area contributed by atoms with Gasteiger partial charge in [0.05, 0.1) is 5.75 Å². The second kappa shape index (κ2) is 4.40. The molecule has 2 nitrogen and oxygen atoms in total. The van der Waals surface area contributed by atoms with Gasteiger partial charge in [-0.05, 0) is 18.3 Å². The van der Waals surface area contributed by atoms with Crippen LogP contribution in [0.4, 0.5) is 3.89 Å². The summed E-state index contributed by atoms with van der Waals surface area (Å²) in [6.07, 6.45) is 4.97. The van der Waals surface area contributed by atoms with Gasteiger partial charge in [-0.15, -0.1) is 3.89 Å². The van der Waals surface area contributed by atoms with Crippen LogP contribution in [0.1, 0.15) is 39.0 Å². The highest BCUT2D eigenvalue weighted by atomic mass is 32.3. The molecule has 1 saturated carbocycles. The van der Waals surface area contributed by atoms with Gasteiger partial charge in [0.25, 0.3) is 0 Å². The van der Waals surface area contributed by atoms with E-state index in [0.717, 1.165) is 31.6 Å². The average Bonchev–Trinajstić information content (AvgIpc) is 2.02. The van der Waals surface area contributed by atoms with Crippen LogP contribution in [-0.2, 0) is 10.2 Å². The maximum atomic E-state index is 12.2. The van der Waals surface area contributed by atoms with Gasteiger partial charge in [0.1, 0.15) is 0 Å². The first-order chi connectivity index (χ1) is 5.97. The molecule has 1 aliphatic rings. The van der Waals surface area contributed by atoms with Crippen LogP contribution >= 0.6 is 0 Å². The highest BCUT2D eigenvalue weighted by Crippen LogP contribution is 2.30. The lowest BCUT2D eigenvalue weighted by atomic mass is 9.82. The third kappa shape index (κ3) is 4.60. The minimum Gasteiger partial charge on any atom is -0.195 e. The van der Waals surface area contributed by atoms with Crippen molar-refractivity contribution in [2.75, 3.05) is 5.75 Å². The molecule has 0 aromatic heterocycles. The van der Waals surface area contributed by atoms with Crippen molar-refractivity contribution in [1.29, 1.82) is 0 Å². The molecule has 0 bridgehead atoms. The summed E-state index contributed by atoms with van der Waals surface area (Å²) in [7, 11) is -4.24. The van der Waals surface area contributed by atoms with Crippen LogP contribution < -0.4 is 0 Å². The molecule has 1 fully saturated rings. The third-order valence-electron chi connectivity index (χ3n) is 2.91. The normalized spacial score (nSPS) is 30.3. The summed E-state index contributed by atoms with van der Waals surface area (Å²) in [4.78, 5) is 0. The Balaban J connectivity index is 2.24. The number of hydrogen-bond acceptors (Lipinski definition) is 2. The molecule has 0 unspecified atom stereocenters. The van der Waals surface area contributed by atoms with Gasteiger partial charge in [-0.3, -0.25) is 0 Å². The Kier molecular flexibility index (Phi) is 3.71. The summed E-state index contributed by atoms with van der Waals surface area (Å²) in [5.74, 6) is 0.909. The maximum absolute atomic E-state index is 12.2. The van der Waals surface area contributed by atoms with Gasteiger partial charge >= 0.3 is 10.2 Å². The van der Waals surface area contributed by atoms with Gasteiger partial charge in [-0.25, -0.2) is 0 Å². The predicted octanol–water partition coefficient (Wildman–Crippen LogP) is 2.50. The molecule has 0 atom stereocenters. The Morgan fingerprint density at radius 1 is 1.23 bits per heavy atom. The van der Waals surface area contributed by atoms with Gasteiger partial charge in [0.2, 0.25) is 0 Å². The lowest BCUT2D eigenvalue weighted by Gasteiger charge is -2.25. The first kappa shape index (κ1) is 11.0. The molecule has 78 valence electrons. The second-order valence-electron chi connectivity index (χ2n) is 4.16. The Labute approximate surface area is 79.7 Å². The zero-order valence-electron chi connectivity index (χ0n) is 8.00. The van der Waals surface area contributed by atoms with Crippen molar-refractivity contribution in [3.8, 4) is 0 Å². The van der Waals surface area contributed by atoms with Crippen molar-refractivity contribution in [3.63, 3.8) is 0 Å². The van der Waals surface area contributed by atoms with Crippen molar-refractivity contribution in [3.05, 3.63) is 0 Å². The molecule has 4 heteroatoms. The fourth-order valence-electron chi connectivity index (χ4n) is 1.93. The smallest absolute Gasteiger partial charge is 0.195 e. The largest absolute Gasteiger partial charge is 0.302 e. The summed E-state index contributed by atoms with van der Waals surface area (Å²) in [5, 5.41) is 0. The summed E-state index contributed by atoms with van der Waals surface area (Å²) in [6, 6.07) is 0. The summed E-state index contributed by atoms with van der Waals surface area (Å²) in [6.45, 7) is 2.21. The van der Waals surface area contributed by atoms with Gasteiger partial charge < -0.3 is 0 Å². The van der Waals surface area contributed by atoms with E-state index in [0.29, 0.717) is 12.3 Å². The fourth-order valence-corrected chi connectivity index (χ4v) is 2.54. The molecule has 1 aliphatic carbocycles. The molecule has 0 amide bonds. The molecule has 0 radical (unpaired) electrons. The van der Waals surface area contributed by atoms with E-state index in [9.17, 15) is 12.3 Å². The van der Waals surface area contributed by atoms with E-state index in [1.54, 1.807) is 0 Å². The maximum Gasteiger partial charge on any atom is 0.302 e. The molecule has 0 aromatic carbocycles. The Morgan fingerprint density at radius 3 is 2.23 bits per heavy atom. The first-order valence-electron chi connectivity index (χ1n) is 4.89. The molecule has 1 rings (SSSR count). The fraction of sp³-hybridized carbons (Fsp3) is 1.00. The standard InChI is InChI=1S/C9H17FO2S/c1-8-2-4-9(5-3-8)6-7-13(10,11)12/h8-9H,2-7H2,1H3. The zero-order chi connectivity index (χ0) is 9.90. The molecule has 13 heavy (non-hydrogen) atoms. The molecule has 0 aliphatic heterocycles. The summed E-state index contributed by atoms with van der Waals surface area (Å²) >= 11 is 0. The van der Waals surface area contributed by atoms with Gasteiger partial charge in [0.15, 0.2) is 0 Å². The van der Waals surface area contributed by atoms with Crippen LogP contribution in [0.3, 0.4) is 0 Å². The second-order valence-corrected chi connectivity index (χ2v) is 5.64. The zero-order valence-corrected chi connectivity index (χ0v) is 8.82. The lowest BCUT2D eigenvalue weighted by Crippen LogP contribution is -2.15. The van der Waals surface area contributed by atoms with Crippen molar-refractivity contribution < 1.29 is 12.3 Å². The number of hydrogen-bond donors (Lipinski definition) is 0. The topological polar surface area (TPSA) is 34.1 Å². The Hall–Kier alpha value is -0.120. The molecule has 0 saturated heterocycles. The number of rotatable bonds is 3. The SMILES string of the molecule is CC1CCC(CCS(=O)(=O)F)CC1. The molecule has 0 N–H and O–H groups in total. The predicted molar refractivity (Wildman–Crippen MR) is 50.6 cm³/mol. The summed E-state index contributed by atoms with van der Waals surface area (Å²) in [5.41, 5.74) is 0. The van der Waals surface area contributed by atoms with E-state index in [1.165, 1.54) is 0 Å². The summed E-state index contributed by atoms with van der Waals surface area (Å²) < 4.78 is 32.7. The molecular weight excluding hydrogens is 191 g/mol. The minimum atomic E-state index is -4.24. The van der Waals surface area contributed by atoms with E-state index < -0.39 is 10.2 Å². The van der Waals surface area contributed by atoms with Crippen LogP contribution in [-0.4, -0.2) is 14.2 Å². The van der Waals surface area contributed by atoms with Crippen LogP contribution in [0, 0.1) is 11.8 Å². The van der Waals surface area contributed by atoms with E-state index >= 15 is 0 Å². The van der Waals surface area contributed by atoms with E-state index in [2.05, 4.69) is 6.92 Å². The highest BCUT2D eigenvalue weighted by molar-refractivity contribution is 7.86. The van der Waals surface area contributed by atoms with Gasteiger partial charge in [-0.2, -0.15) is 8.42 Å². The Morgan fingerprint density at radius 2 is 1.77 bits per heavy atom. The van der Waals surface area contributed by atoms with E-state index in [4.69, 9.17) is 0 Å². The molecular formula is C9H17FO2S. The van der Waals surface area contributed by atoms with Gasteiger partial charge in [0, 0.05) is 0 Å². The monoisotopic (exact) mass is 208 g/mol. The highest BCUT2D eigenvalue weighted by Gasteiger charge is 2.20. The van der Waals surface area contributed by atoms with Crippen molar-refractivity contribution >= 4 is 10.2 Å². The lowest BCUT2D eigenvalue weighted by molar-refractivity contribution is 0.284. The first-order valence-corrected chi connectivity index (χ1v) is 6.45. The van der Waals surface area contributed by atoms with Crippen molar-refractivity contribution in [2.45, 2.75) is 39.0 Å². The quantitative estimate of drug-likeness (QED) is 0.668. The van der Waals surface area contributed by atoms with Crippen molar-refractivity contribution in [1.82, 2.24) is 0 Å². The van der Waals surface area contributed by atoms with E-state index in [1.807, 2.05) is 0 Å². The minimum absolute atomic E-state index is 0.286. The van der Waals surface area contributed by atoms with Crippen LogP contribution in [0.25, 0.3) is 0 Å². The van der Waals surface area contributed by atoms with Gasteiger partial charge in [-0.1, -0.05) is 32.6 Å². The van der Waals surface area contributed by atoms with Crippen molar-refractivity contribution in [2.24, 2.45) is 11.8 Å². The molecule has 0 heterocycles.